The first kappa shape index (κ1) is 16.1. The molecule has 1 fully saturated rings. The Balaban J connectivity index is 2.24. The lowest BCUT2D eigenvalue weighted by molar-refractivity contribution is -0.171. The van der Waals surface area contributed by atoms with E-state index in [9.17, 15) is 4.79 Å². The molecule has 5 heteroatoms. The van der Waals surface area contributed by atoms with E-state index in [1.807, 2.05) is 44.2 Å². The number of hydrogen-bond acceptors (Lipinski definition) is 5. The van der Waals surface area contributed by atoms with E-state index in [0.717, 1.165) is 11.8 Å². The van der Waals surface area contributed by atoms with Crippen LogP contribution in [0.5, 0.6) is 0 Å². The molecule has 21 heavy (non-hydrogen) atoms. The second-order valence-electron chi connectivity index (χ2n) is 5.45. The lowest BCUT2D eigenvalue weighted by atomic mass is 9.99. The fraction of sp³-hybridized carbons (Fsp3) is 0.562. The number of aldehydes is 1. The standard InChI is InChI=1S/C16H22O5/c1-16(2)20-13(9-10-17)15(21-16)14(19-11-18-3)12-7-5-4-6-8-12/h4-8,10,13-15H,9,11H2,1-3H3/t13-,14+,15-/m1/s1. The molecule has 1 aromatic carbocycles. The lowest BCUT2D eigenvalue weighted by Crippen LogP contribution is -2.32. The highest BCUT2D eigenvalue weighted by Gasteiger charge is 2.45. The Morgan fingerprint density at radius 2 is 2.00 bits per heavy atom. The lowest BCUT2D eigenvalue weighted by Gasteiger charge is -2.26. The van der Waals surface area contributed by atoms with Gasteiger partial charge in [-0.05, 0) is 19.4 Å². The predicted molar refractivity (Wildman–Crippen MR) is 76.7 cm³/mol. The van der Waals surface area contributed by atoms with Crippen molar-refractivity contribution in [3.05, 3.63) is 35.9 Å². The van der Waals surface area contributed by atoms with Crippen molar-refractivity contribution < 1.29 is 23.7 Å². The van der Waals surface area contributed by atoms with Crippen molar-refractivity contribution in [2.45, 2.75) is 44.4 Å². The summed E-state index contributed by atoms with van der Waals surface area (Å²) in [7, 11) is 1.57. The van der Waals surface area contributed by atoms with Crippen LogP contribution >= 0.6 is 0 Å². The van der Waals surface area contributed by atoms with Gasteiger partial charge in [-0.25, -0.2) is 0 Å². The van der Waals surface area contributed by atoms with E-state index < -0.39 is 5.79 Å². The molecule has 0 amide bonds. The van der Waals surface area contributed by atoms with Gasteiger partial charge in [0.1, 0.15) is 25.3 Å². The molecule has 1 aliphatic heterocycles. The van der Waals surface area contributed by atoms with E-state index in [-0.39, 0.29) is 31.5 Å². The molecule has 2 rings (SSSR count). The van der Waals surface area contributed by atoms with E-state index in [4.69, 9.17) is 18.9 Å². The SMILES string of the molecule is COCO[C@@H](c1ccccc1)[C@@H]1OC(C)(C)O[C@@H]1CC=O. The van der Waals surface area contributed by atoms with Gasteiger partial charge < -0.3 is 23.7 Å². The summed E-state index contributed by atoms with van der Waals surface area (Å²) in [6.45, 7) is 3.82. The molecule has 0 bridgehead atoms. The topological polar surface area (TPSA) is 54.0 Å². The number of rotatable bonds is 7. The summed E-state index contributed by atoms with van der Waals surface area (Å²) >= 11 is 0. The molecule has 0 aliphatic carbocycles. The van der Waals surface area contributed by atoms with Crippen molar-refractivity contribution in [3.63, 3.8) is 0 Å². The van der Waals surface area contributed by atoms with E-state index in [2.05, 4.69) is 0 Å². The third-order valence-electron chi connectivity index (χ3n) is 3.34. The Morgan fingerprint density at radius 1 is 1.29 bits per heavy atom. The van der Waals surface area contributed by atoms with Gasteiger partial charge in [0.05, 0.1) is 6.10 Å². The van der Waals surface area contributed by atoms with Crippen LogP contribution in [0.1, 0.15) is 31.9 Å². The molecule has 0 unspecified atom stereocenters. The second kappa shape index (κ2) is 7.13. The molecule has 116 valence electrons. The molecule has 1 aromatic rings. The number of benzene rings is 1. The maximum absolute atomic E-state index is 10.9. The first-order valence-electron chi connectivity index (χ1n) is 7.02. The zero-order valence-electron chi connectivity index (χ0n) is 12.7. The third-order valence-corrected chi connectivity index (χ3v) is 3.34. The van der Waals surface area contributed by atoms with Gasteiger partial charge in [0.2, 0.25) is 0 Å². The second-order valence-corrected chi connectivity index (χ2v) is 5.45. The summed E-state index contributed by atoms with van der Waals surface area (Å²) in [5, 5.41) is 0. The summed E-state index contributed by atoms with van der Waals surface area (Å²) in [5.41, 5.74) is 0.969. The molecule has 5 nitrogen and oxygen atoms in total. The van der Waals surface area contributed by atoms with Gasteiger partial charge in [0.25, 0.3) is 0 Å². The minimum atomic E-state index is -0.734. The van der Waals surface area contributed by atoms with Crippen LogP contribution in [0.3, 0.4) is 0 Å². The fourth-order valence-corrected chi connectivity index (χ4v) is 2.56. The molecule has 1 saturated heterocycles. The van der Waals surface area contributed by atoms with Gasteiger partial charge in [-0.1, -0.05) is 30.3 Å². The first-order chi connectivity index (χ1) is 10.1. The van der Waals surface area contributed by atoms with Crippen LogP contribution < -0.4 is 0 Å². The Bertz CT molecular complexity index is 445. The number of carbonyl (C=O) groups excluding carboxylic acids is 1. The summed E-state index contributed by atoms with van der Waals surface area (Å²) < 4.78 is 22.6. The molecule has 0 aromatic heterocycles. The Labute approximate surface area is 125 Å². The molecular formula is C16H22O5. The van der Waals surface area contributed by atoms with Crippen LogP contribution in [0, 0.1) is 0 Å². The van der Waals surface area contributed by atoms with Crippen molar-refractivity contribution in [1.29, 1.82) is 0 Å². The van der Waals surface area contributed by atoms with Crippen molar-refractivity contribution >= 4 is 6.29 Å². The Kier molecular flexibility index (Phi) is 5.47. The van der Waals surface area contributed by atoms with Gasteiger partial charge >= 0.3 is 0 Å². The molecule has 1 aliphatic rings. The zero-order valence-corrected chi connectivity index (χ0v) is 12.7. The predicted octanol–water partition coefficient (Wildman–Crippen LogP) is 2.46. The van der Waals surface area contributed by atoms with Crippen molar-refractivity contribution in [3.8, 4) is 0 Å². The Hall–Kier alpha value is -1.27. The van der Waals surface area contributed by atoms with Crippen molar-refractivity contribution in [2.24, 2.45) is 0 Å². The van der Waals surface area contributed by atoms with Gasteiger partial charge in [0, 0.05) is 13.5 Å². The van der Waals surface area contributed by atoms with Crippen LogP contribution in [0.4, 0.5) is 0 Å². The maximum atomic E-state index is 10.9. The molecule has 0 spiro atoms. The number of hydrogen-bond donors (Lipinski definition) is 0. The van der Waals surface area contributed by atoms with E-state index in [1.54, 1.807) is 7.11 Å². The number of methoxy groups -OCH3 is 1. The highest BCUT2D eigenvalue weighted by atomic mass is 16.8. The van der Waals surface area contributed by atoms with E-state index in [0.29, 0.717) is 0 Å². The molecule has 1 heterocycles. The molecule has 0 saturated carbocycles. The largest absolute Gasteiger partial charge is 0.359 e. The summed E-state index contributed by atoms with van der Waals surface area (Å²) in [5.74, 6) is -0.734. The van der Waals surface area contributed by atoms with Crippen LogP contribution in [0.15, 0.2) is 30.3 Å². The normalized spacial score (nSPS) is 25.7. The van der Waals surface area contributed by atoms with Crippen molar-refractivity contribution in [1.82, 2.24) is 0 Å². The number of carbonyl (C=O) groups is 1. The minimum absolute atomic E-state index is 0.146. The molecule has 0 radical (unpaired) electrons. The van der Waals surface area contributed by atoms with Crippen LogP contribution in [0.2, 0.25) is 0 Å². The van der Waals surface area contributed by atoms with Gasteiger partial charge in [-0.3, -0.25) is 0 Å². The van der Waals surface area contributed by atoms with Crippen LogP contribution in [-0.4, -0.2) is 38.2 Å². The summed E-state index contributed by atoms with van der Waals surface area (Å²) in [4.78, 5) is 10.9. The van der Waals surface area contributed by atoms with Gasteiger partial charge in [0.15, 0.2) is 5.79 Å². The van der Waals surface area contributed by atoms with Gasteiger partial charge in [-0.2, -0.15) is 0 Å². The molecule has 3 atom stereocenters. The van der Waals surface area contributed by atoms with E-state index >= 15 is 0 Å². The zero-order chi connectivity index (χ0) is 15.3. The van der Waals surface area contributed by atoms with Crippen molar-refractivity contribution in [2.75, 3.05) is 13.9 Å². The smallest absolute Gasteiger partial charge is 0.163 e. The maximum Gasteiger partial charge on any atom is 0.163 e. The third kappa shape index (κ3) is 4.11. The monoisotopic (exact) mass is 294 g/mol. The molecule has 0 N–H and O–H groups in total. The summed E-state index contributed by atoms with van der Waals surface area (Å²) in [6, 6.07) is 9.75. The van der Waals surface area contributed by atoms with Crippen LogP contribution in [-0.2, 0) is 23.7 Å². The summed E-state index contributed by atoms with van der Waals surface area (Å²) in [6.07, 6.45) is 0.0781. The number of ether oxygens (including phenoxy) is 4. The van der Waals surface area contributed by atoms with E-state index in [1.165, 1.54) is 0 Å². The average molecular weight is 294 g/mol. The first-order valence-corrected chi connectivity index (χ1v) is 7.02. The minimum Gasteiger partial charge on any atom is -0.359 e. The highest BCUT2D eigenvalue weighted by molar-refractivity contribution is 5.50. The van der Waals surface area contributed by atoms with Crippen LogP contribution in [0.25, 0.3) is 0 Å². The highest BCUT2D eigenvalue weighted by Crippen LogP contribution is 2.38. The average Bonchev–Trinajstić information content (AvgIpc) is 2.76. The Morgan fingerprint density at radius 3 is 2.62 bits per heavy atom. The molecular weight excluding hydrogens is 272 g/mol. The quantitative estimate of drug-likeness (QED) is 0.571. The van der Waals surface area contributed by atoms with Gasteiger partial charge in [-0.15, -0.1) is 0 Å². The fourth-order valence-electron chi connectivity index (χ4n) is 2.56.